The summed E-state index contributed by atoms with van der Waals surface area (Å²) in [7, 11) is 0. The number of Topliss-reactive ketones (excluding diaryl/α,β-unsaturated/α-hetero) is 1. The second-order valence-corrected chi connectivity index (χ2v) is 6.52. The summed E-state index contributed by atoms with van der Waals surface area (Å²) >= 11 is 0. The summed E-state index contributed by atoms with van der Waals surface area (Å²) in [6, 6.07) is 13.8. The Morgan fingerprint density at radius 2 is 1.73 bits per heavy atom. The summed E-state index contributed by atoms with van der Waals surface area (Å²) < 4.78 is 13.9. The molecule has 0 saturated carbocycles. The van der Waals surface area contributed by atoms with Gasteiger partial charge in [0.05, 0.1) is 37.6 Å². The van der Waals surface area contributed by atoms with Gasteiger partial charge in [-0.15, -0.1) is 0 Å². The normalized spacial score (nSPS) is 14.9. The molecule has 0 atom stereocenters. The lowest BCUT2D eigenvalue weighted by Gasteiger charge is -2.33. The van der Waals surface area contributed by atoms with E-state index in [1.54, 1.807) is 36.4 Å². The summed E-state index contributed by atoms with van der Waals surface area (Å²) in [6.07, 6.45) is 0. The number of quaternary nitrogens is 1. The number of para-hydroxylation sites is 2. The van der Waals surface area contributed by atoms with E-state index in [1.165, 1.54) is 13.0 Å². The van der Waals surface area contributed by atoms with Crippen LogP contribution >= 0.6 is 0 Å². The number of anilines is 2. The zero-order valence-corrected chi connectivity index (χ0v) is 14.8. The molecule has 2 aromatic carbocycles. The third kappa shape index (κ3) is 4.26. The Hall–Kier alpha value is -2.73. The van der Waals surface area contributed by atoms with Crippen LogP contribution in [0.4, 0.5) is 15.8 Å². The highest BCUT2D eigenvalue weighted by Crippen LogP contribution is 2.18. The first-order chi connectivity index (χ1) is 12.5. The van der Waals surface area contributed by atoms with Gasteiger partial charge in [0.1, 0.15) is 5.82 Å². The van der Waals surface area contributed by atoms with Crippen LogP contribution in [0.15, 0.2) is 48.5 Å². The van der Waals surface area contributed by atoms with Crippen molar-refractivity contribution in [2.45, 2.75) is 6.92 Å². The van der Waals surface area contributed by atoms with E-state index in [4.69, 9.17) is 0 Å². The third-order valence-electron chi connectivity index (χ3n) is 4.65. The zero-order valence-electron chi connectivity index (χ0n) is 14.8. The number of nitrogens with one attached hydrogen (secondary N) is 2. The van der Waals surface area contributed by atoms with Crippen LogP contribution in [0.2, 0.25) is 0 Å². The van der Waals surface area contributed by atoms with E-state index < -0.39 is 0 Å². The largest absolute Gasteiger partial charge is 0.358 e. The molecule has 1 saturated heterocycles. The van der Waals surface area contributed by atoms with E-state index in [9.17, 15) is 14.0 Å². The zero-order chi connectivity index (χ0) is 18.5. The minimum Gasteiger partial charge on any atom is -0.358 e. The van der Waals surface area contributed by atoms with Gasteiger partial charge in [0.2, 0.25) is 0 Å². The number of carbonyl (C=O) groups is 2. The molecule has 136 valence electrons. The van der Waals surface area contributed by atoms with Crippen LogP contribution in [0.5, 0.6) is 0 Å². The van der Waals surface area contributed by atoms with Gasteiger partial charge >= 0.3 is 0 Å². The molecule has 0 unspecified atom stereocenters. The van der Waals surface area contributed by atoms with Gasteiger partial charge in [-0.05, 0) is 31.2 Å². The van der Waals surface area contributed by atoms with Crippen molar-refractivity contribution >= 4 is 23.1 Å². The quantitative estimate of drug-likeness (QED) is 0.796. The van der Waals surface area contributed by atoms with Crippen LogP contribution in [0.25, 0.3) is 0 Å². The van der Waals surface area contributed by atoms with E-state index in [0.717, 1.165) is 18.0 Å². The van der Waals surface area contributed by atoms with Crippen molar-refractivity contribution in [2.75, 3.05) is 42.9 Å². The Labute approximate surface area is 152 Å². The number of rotatable bonds is 5. The minimum atomic E-state index is -0.213. The molecular weight excluding hydrogens is 333 g/mol. The average Bonchev–Trinajstić information content (AvgIpc) is 2.63. The number of carbonyl (C=O) groups excluding carboxylic acids is 2. The summed E-state index contributed by atoms with van der Waals surface area (Å²) in [4.78, 5) is 27.2. The summed E-state index contributed by atoms with van der Waals surface area (Å²) in [5, 5.41) is 2.84. The number of benzene rings is 2. The number of nitrogens with zero attached hydrogens (tertiary/aromatic N) is 1. The molecule has 2 aromatic rings. The summed E-state index contributed by atoms with van der Waals surface area (Å²) in [6.45, 7) is 4.74. The second kappa shape index (κ2) is 8.10. The monoisotopic (exact) mass is 356 g/mol. The lowest BCUT2D eigenvalue weighted by Crippen LogP contribution is -3.15. The van der Waals surface area contributed by atoms with Crippen LogP contribution in [0, 0.1) is 5.82 Å². The Bertz CT molecular complexity index is 801. The van der Waals surface area contributed by atoms with Gasteiger partial charge in [-0.3, -0.25) is 9.59 Å². The van der Waals surface area contributed by atoms with Gasteiger partial charge in [0, 0.05) is 5.56 Å². The maximum absolute atomic E-state index is 13.9. The van der Waals surface area contributed by atoms with Crippen LogP contribution in [0.3, 0.4) is 0 Å². The topological polar surface area (TPSA) is 53.9 Å². The van der Waals surface area contributed by atoms with Gasteiger partial charge in [-0.1, -0.05) is 24.3 Å². The fraction of sp³-hybridized carbons (Fsp3) is 0.300. The fourth-order valence-corrected chi connectivity index (χ4v) is 3.27. The molecule has 0 aromatic heterocycles. The number of hydrogen-bond donors (Lipinski definition) is 2. The molecule has 0 spiro atoms. The molecule has 1 amide bonds. The molecule has 1 aliphatic heterocycles. The van der Waals surface area contributed by atoms with Crippen molar-refractivity contribution in [1.29, 1.82) is 0 Å². The summed E-state index contributed by atoms with van der Waals surface area (Å²) in [5.74, 6) is -0.408. The van der Waals surface area contributed by atoms with Crippen LogP contribution in [-0.2, 0) is 4.79 Å². The third-order valence-corrected chi connectivity index (χ3v) is 4.65. The maximum Gasteiger partial charge on any atom is 0.279 e. The van der Waals surface area contributed by atoms with E-state index in [2.05, 4.69) is 5.32 Å². The number of halogens is 1. The SMILES string of the molecule is CC(=O)c1ccccc1NC(=O)C[NH+]1CCN(c2ccccc2F)CC1. The predicted molar refractivity (Wildman–Crippen MR) is 99.3 cm³/mol. The molecular formula is C20H23FN3O2+. The second-order valence-electron chi connectivity index (χ2n) is 6.52. The van der Waals surface area contributed by atoms with Gasteiger partial charge in [-0.25, -0.2) is 4.39 Å². The molecule has 0 radical (unpaired) electrons. The molecule has 1 fully saturated rings. The molecule has 6 heteroatoms. The molecule has 3 rings (SSSR count). The van der Waals surface area contributed by atoms with Gasteiger partial charge in [-0.2, -0.15) is 0 Å². The Balaban J connectivity index is 1.54. The molecule has 0 bridgehead atoms. The number of amides is 1. The predicted octanol–water partition coefficient (Wildman–Crippen LogP) is 1.37. The molecule has 2 N–H and O–H groups in total. The van der Waals surface area contributed by atoms with Crippen LogP contribution in [-0.4, -0.2) is 44.4 Å². The first-order valence-electron chi connectivity index (χ1n) is 8.77. The van der Waals surface area contributed by atoms with Gasteiger partial charge in [0.25, 0.3) is 5.91 Å². The van der Waals surface area contributed by atoms with Crippen molar-refractivity contribution < 1.29 is 18.9 Å². The maximum atomic E-state index is 13.9. The first kappa shape index (κ1) is 18.1. The standard InChI is InChI=1S/C20H22FN3O2/c1-15(25)16-6-2-4-8-18(16)22-20(26)14-23-10-12-24(13-11-23)19-9-5-3-7-17(19)21/h2-9H,10-14H2,1H3,(H,22,26)/p+1. The van der Waals surface area contributed by atoms with Crippen molar-refractivity contribution in [3.63, 3.8) is 0 Å². The van der Waals surface area contributed by atoms with Gasteiger partial charge < -0.3 is 15.1 Å². The molecule has 5 nitrogen and oxygen atoms in total. The summed E-state index contributed by atoms with van der Waals surface area (Å²) in [5.41, 5.74) is 1.68. The van der Waals surface area contributed by atoms with E-state index in [1.807, 2.05) is 11.0 Å². The molecule has 1 aliphatic rings. The highest BCUT2D eigenvalue weighted by Gasteiger charge is 2.24. The number of piperazine rings is 1. The van der Waals surface area contributed by atoms with Gasteiger partial charge in [0.15, 0.2) is 12.3 Å². The lowest BCUT2D eigenvalue weighted by molar-refractivity contribution is -0.892. The highest BCUT2D eigenvalue weighted by atomic mass is 19.1. The Kier molecular flexibility index (Phi) is 5.63. The average molecular weight is 356 g/mol. The fourth-order valence-electron chi connectivity index (χ4n) is 3.27. The minimum absolute atomic E-state index is 0.0771. The van der Waals surface area contributed by atoms with Crippen LogP contribution < -0.4 is 15.1 Å². The Morgan fingerprint density at radius 3 is 2.42 bits per heavy atom. The van der Waals surface area contributed by atoms with Crippen molar-refractivity contribution in [3.8, 4) is 0 Å². The van der Waals surface area contributed by atoms with Crippen molar-refractivity contribution in [2.24, 2.45) is 0 Å². The number of hydrogen-bond acceptors (Lipinski definition) is 3. The smallest absolute Gasteiger partial charge is 0.279 e. The molecule has 26 heavy (non-hydrogen) atoms. The van der Waals surface area contributed by atoms with Crippen molar-refractivity contribution in [1.82, 2.24) is 0 Å². The van der Waals surface area contributed by atoms with Crippen molar-refractivity contribution in [3.05, 3.63) is 59.9 Å². The first-order valence-corrected chi connectivity index (χ1v) is 8.77. The molecule has 1 heterocycles. The molecule has 0 aliphatic carbocycles. The number of ketones is 1. The van der Waals surface area contributed by atoms with Crippen LogP contribution in [0.1, 0.15) is 17.3 Å². The van der Waals surface area contributed by atoms with E-state index in [0.29, 0.717) is 36.6 Å². The van der Waals surface area contributed by atoms with E-state index >= 15 is 0 Å². The van der Waals surface area contributed by atoms with E-state index in [-0.39, 0.29) is 17.5 Å². The Morgan fingerprint density at radius 1 is 1.08 bits per heavy atom. The lowest BCUT2D eigenvalue weighted by atomic mass is 10.1. The highest BCUT2D eigenvalue weighted by molar-refractivity contribution is 6.03.